The van der Waals surface area contributed by atoms with Gasteiger partial charge in [-0.3, -0.25) is 0 Å². The van der Waals surface area contributed by atoms with Crippen molar-refractivity contribution in [1.29, 1.82) is 0 Å². The van der Waals surface area contributed by atoms with Crippen molar-refractivity contribution in [3.63, 3.8) is 0 Å². The van der Waals surface area contributed by atoms with Crippen LogP contribution in [0.2, 0.25) is 0 Å². The van der Waals surface area contributed by atoms with E-state index in [9.17, 15) is 31.5 Å². The van der Waals surface area contributed by atoms with E-state index in [2.05, 4.69) is 11.7 Å². The molecule has 0 aliphatic carbocycles. The van der Waals surface area contributed by atoms with Crippen molar-refractivity contribution in [2.24, 2.45) is 0 Å². The van der Waals surface area contributed by atoms with Crippen LogP contribution >= 0.6 is 0 Å². The van der Waals surface area contributed by atoms with E-state index in [0.29, 0.717) is 6.42 Å². The molecule has 0 aliphatic heterocycles. The van der Waals surface area contributed by atoms with Crippen LogP contribution in [0.3, 0.4) is 0 Å². The van der Waals surface area contributed by atoms with Crippen LogP contribution in [0.1, 0.15) is 98.3 Å². The lowest BCUT2D eigenvalue weighted by Gasteiger charge is -2.12. The van der Waals surface area contributed by atoms with Gasteiger partial charge in [-0.05, 0) is 18.6 Å². The average Bonchev–Trinajstić information content (AvgIpc) is 2.95. The van der Waals surface area contributed by atoms with Crippen LogP contribution < -0.4 is 4.74 Å². The Morgan fingerprint density at radius 3 is 1.46 bits per heavy atom. The maximum absolute atomic E-state index is 13.7. The zero-order valence-corrected chi connectivity index (χ0v) is 22.1. The monoisotopic (exact) mass is 558 g/mol. The molecular weight excluding hydrogens is 523 g/mol. The number of rotatable bonds is 18. The number of hydrogen-bond donors (Lipinski definition) is 0. The molecule has 0 atom stereocenters. The number of ether oxygens (including phenoxy) is 3. The predicted molar refractivity (Wildman–Crippen MR) is 135 cm³/mol. The molecule has 0 fully saturated rings. The maximum atomic E-state index is 13.7. The van der Waals surface area contributed by atoms with Crippen molar-refractivity contribution in [2.45, 2.75) is 77.6 Å². The molecule has 2 aromatic rings. The Bertz CT molecular complexity index is 1050. The van der Waals surface area contributed by atoms with Crippen molar-refractivity contribution < 1.29 is 45.8 Å². The van der Waals surface area contributed by atoms with Crippen molar-refractivity contribution in [3.8, 4) is 5.75 Å². The van der Waals surface area contributed by atoms with E-state index in [1.165, 1.54) is 63.1 Å². The van der Waals surface area contributed by atoms with E-state index >= 15 is 0 Å². The summed E-state index contributed by atoms with van der Waals surface area (Å²) >= 11 is 0. The average molecular weight is 559 g/mol. The number of esters is 2. The summed E-state index contributed by atoms with van der Waals surface area (Å²) in [5.74, 6) is -14.0. The molecule has 10 heteroatoms. The summed E-state index contributed by atoms with van der Waals surface area (Å²) in [5.41, 5.74) is -0.121. The summed E-state index contributed by atoms with van der Waals surface area (Å²) in [7, 11) is 0. The Kier molecular flexibility index (Phi) is 14.3. The van der Waals surface area contributed by atoms with Gasteiger partial charge < -0.3 is 14.2 Å². The third-order valence-corrected chi connectivity index (χ3v) is 6.08. The van der Waals surface area contributed by atoms with Gasteiger partial charge in [0, 0.05) is 0 Å². The summed E-state index contributed by atoms with van der Waals surface area (Å²) < 4.78 is 81.8. The van der Waals surface area contributed by atoms with E-state index in [4.69, 9.17) is 9.47 Å². The van der Waals surface area contributed by atoms with Crippen molar-refractivity contribution in [1.82, 2.24) is 0 Å². The quantitative estimate of drug-likeness (QED) is 0.0609. The minimum atomic E-state index is -2.31. The molecular formula is C29H35F5O5. The lowest BCUT2D eigenvalue weighted by atomic mass is 10.1. The first kappa shape index (κ1) is 32.0. The standard InChI is InChI=1S/C29H35F5O5/c1-2-3-4-5-6-7-8-9-10-11-14-17-38-28(35)20-15-12-13-16-21(20)29(36)39-19-18-37-27-25(33)23(31)22(30)24(32)26(27)34/h12-13,15-16H,2-11,14,17-19H2,1H3. The highest BCUT2D eigenvalue weighted by Gasteiger charge is 2.27. The Morgan fingerprint density at radius 2 is 0.974 bits per heavy atom. The van der Waals surface area contributed by atoms with Gasteiger partial charge in [-0.25, -0.2) is 22.8 Å². The molecule has 0 unspecified atom stereocenters. The summed E-state index contributed by atoms with van der Waals surface area (Å²) in [6, 6.07) is 5.78. The topological polar surface area (TPSA) is 61.8 Å². The molecule has 0 amide bonds. The molecule has 5 nitrogen and oxygen atoms in total. The zero-order valence-electron chi connectivity index (χ0n) is 22.1. The third kappa shape index (κ3) is 10.1. The Labute approximate surface area is 225 Å². The smallest absolute Gasteiger partial charge is 0.339 e. The summed E-state index contributed by atoms with van der Waals surface area (Å²) in [6.45, 7) is 1.12. The number of halogens is 5. The van der Waals surface area contributed by atoms with Gasteiger partial charge >= 0.3 is 11.9 Å². The van der Waals surface area contributed by atoms with Crippen LogP contribution in [0.15, 0.2) is 24.3 Å². The normalized spacial score (nSPS) is 10.9. The molecule has 0 aromatic heterocycles. The third-order valence-electron chi connectivity index (χ3n) is 6.08. The van der Waals surface area contributed by atoms with Crippen molar-refractivity contribution in [2.75, 3.05) is 19.8 Å². The van der Waals surface area contributed by atoms with Gasteiger partial charge in [0.2, 0.25) is 29.1 Å². The molecule has 0 aliphatic rings. The second-order valence-corrected chi connectivity index (χ2v) is 9.10. The van der Waals surface area contributed by atoms with Gasteiger partial charge in [-0.1, -0.05) is 83.3 Å². The molecule has 0 spiro atoms. The molecule has 0 saturated heterocycles. The highest BCUT2D eigenvalue weighted by molar-refractivity contribution is 6.03. The second kappa shape index (κ2) is 17.4. The van der Waals surface area contributed by atoms with Crippen LogP contribution in [-0.4, -0.2) is 31.8 Å². The van der Waals surface area contributed by atoms with Crippen LogP contribution in [-0.2, 0) is 9.47 Å². The second-order valence-electron chi connectivity index (χ2n) is 9.10. The summed E-state index contributed by atoms with van der Waals surface area (Å²) in [4.78, 5) is 24.9. The number of hydrogen-bond acceptors (Lipinski definition) is 5. The first-order chi connectivity index (χ1) is 18.8. The molecule has 216 valence electrons. The zero-order chi connectivity index (χ0) is 28.6. The Balaban J connectivity index is 1.72. The van der Waals surface area contributed by atoms with Crippen LogP contribution in [0.5, 0.6) is 5.75 Å². The minimum absolute atomic E-state index is 0.0220. The molecule has 2 aromatic carbocycles. The lowest BCUT2D eigenvalue weighted by molar-refractivity contribution is 0.0418. The number of benzene rings is 2. The van der Waals surface area contributed by atoms with Crippen molar-refractivity contribution in [3.05, 3.63) is 64.5 Å². The van der Waals surface area contributed by atoms with Gasteiger partial charge in [-0.15, -0.1) is 0 Å². The van der Waals surface area contributed by atoms with Gasteiger partial charge in [0.15, 0.2) is 5.75 Å². The fourth-order valence-electron chi connectivity index (χ4n) is 3.92. The Hall–Kier alpha value is -3.17. The SMILES string of the molecule is CCCCCCCCCCCCCOC(=O)c1ccccc1C(=O)OCCOc1c(F)c(F)c(F)c(F)c1F. The first-order valence-corrected chi connectivity index (χ1v) is 13.4. The molecule has 2 rings (SSSR count). The van der Waals surface area contributed by atoms with Gasteiger partial charge in [0.05, 0.1) is 17.7 Å². The van der Waals surface area contributed by atoms with E-state index in [-0.39, 0.29) is 17.7 Å². The molecule has 0 N–H and O–H groups in total. The largest absolute Gasteiger partial charge is 0.484 e. The molecule has 0 bridgehead atoms. The molecule has 0 saturated carbocycles. The summed E-state index contributed by atoms with van der Waals surface area (Å²) in [6.07, 6.45) is 12.7. The van der Waals surface area contributed by atoms with Crippen LogP contribution in [0.4, 0.5) is 22.0 Å². The van der Waals surface area contributed by atoms with E-state index in [1.807, 2.05) is 0 Å². The lowest BCUT2D eigenvalue weighted by Crippen LogP contribution is -2.17. The minimum Gasteiger partial charge on any atom is -0.484 e. The highest BCUT2D eigenvalue weighted by atomic mass is 19.2. The maximum Gasteiger partial charge on any atom is 0.339 e. The van der Waals surface area contributed by atoms with Crippen molar-refractivity contribution >= 4 is 11.9 Å². The Morgan fingerprint density at radius 1 is 0.564 bits per heavy atom. The molecule has 39 heavy (non-hydrogen) atoms. The molecule has 0 heterocycles. The number of unbranched alkanes of at least 4 members (excludes halogenated alkanes) is 10. The van der Waals surface area contributed by atoms with E-state index in [1.54, 1.807) is 6.07 Å². The number of carbonyl (C=O) groups is 2. The van der Waals surface area contributed by atoms with Gasteiger partial charge in [0.1, 0.15) is 13.2 Å². The van der Waals surface area contributed by atoms with E-state index in [0.717, 1.165) is 19.3 Å². The summed E-state index contributed by atoms with van der Waals surface area (Å²) in [5, 5.41) is 0. The van der Waals surface area contributed by atoms with E-state index < -0.39 is 60.0 Å². The number of carbonyl (C=O) groups excluding carboxylic acids is 2. The fraction of sp³-hybridized carbons (Fsp3) is 0.517. The highest BCUT2D eigenvalue weighted by Crippen LogP contribution is 2.29. The van der Waals surface area contributed by atoms with Crippen LogP contribution in [0, 0.1) is 29.1 Å². The fourth-order valence-corrected chi connectivity index (χ4v) is 3.92. The first-order valence-electron chi connectivity index (χ1n) is 13.4. The van der Waals surface area contributed by atoms with Gasteiger partial charge in [0.25, 0.3) is 0 Å². The molecule has 0 radical (unpaired) electrons. The van der Waals surface area contributed by atoms with Gasteiger partial charge in [-0.2, -0.15) is 8.78 Å². The van der Waals surface area contributed by atoms with Crippen LogP contribution in [0.25, 0.3) is 0 Å². The predicted octanol–water partition coefficient (Wildman–Crippen LogP) is 8.09.